The Morgan fingerprint density at radius 2 is 0.952 bits per heavy atom. The van der Waals surface area contributed by atoms with Crippen LogP contribution in [0.25, 0.3) is 0 Å². The topological polar surface area (TPSA) is 95.9 Å². The first-order valence-corrected chi connectivity index (χ1v) is 25.0. The summed E-state index contributed by atoms with van der Waals surface area (Å²) >= 11 is 0. The maximum atomic E-state index is 13.2. The van der Waals surface area contributed by atoms with Gasteiger partial charge in [0.25, 0.3) is 0 Å². The van der Waals surface area contributed by atoms with Crippen molar-refractivity contribution < 1.29 is 24.5 Å². The van der Waals surface area contributed by atoms with Gasteiger partial charge in [0.1, 0.15) is 6.10 Å². The molecule has 0 fully saturated rings. The van der Waals surface area contributed by atoms with E-state index in [1.165, 1.54) is 38.5 Å². The summed E-state index contributed by atoms with van der Waals surface area (Å²) in [5, 5.41) is 23.6. The molecule has 0 spiro atoms. The van der Waals surface area contributed by atoms with E-state index in [0.717, 1.165) is 96.3 Å². The molecule has 6 heteroatoms. The fraction of sp³-hybridized carbons (Fsp3) is 0.579. The number of allylic oxidation sites excluding steroid dienone is 22. The molecule has 0 bridgehead atoms. The highest BCUT2D eigenvalue weighted by atomic mass is 16.5. The monoisotopic (exact) mass is 870 g/mol. The van der Waals surface area contributed by atoms with Crippen molar-refractivity contribution in [2.24, 2.45) is 0 Å². The van der Waals surface area contributed by atoms with Crippen molar-refractivity contribution in [2.75, 3.05) is 6.61 Å². The summed E-state index contributed by atoms with van der Waals surface area (Å²) in [6, 6.07) is -0.739. The molecule has 0 aliphatic heterocycles. The van der Waals surface area contributed by atoms with Gasteiger partial charge >= 0.3 is 5.97 Å². The Labute approximate surface area is 386 Å². The normalized spacial score (nSPS) is 14.4. The molecule has 63 heavy (non-hydrogen) atoms. The molecule has 3 unspecified atom stereocenters. The minimum Gasteiger partial charge on any atom is -0.462 e. The van der Waals surface area contributed by atoms with Crippen molar-refractivity contribution in [1.29, 1.82) is 0 Å². The van der Waals surface area contributed by atoms with Crippen molar-refractivity contribution in [2.45, 2.75) is 206 Å². The van der Waals surface area contributed by atoms with Crippen LogP contribution in [0.15, 0.2) is 134 Å². The van der Waals surface area contributed by atoms with Crippen molar-refractivity contribution >= 4 is 11.9 Å². The molecule has 3 N–H and O–H groups in total. The number of carbonyl (C=O) groups is 2. The van der Waals surface area contributed by atoms with E-state index in [2.05, 4.69) is 117 Å². The zero-order valence-corrected chi connectivity index (χ0v) is 40.1. The van der Waals surface area contributed by atoms with Crippen molar-refractivity contribution in [3.63, 3.8) is 0 Å². The molecule has 0 aromatic rings. The van der Waals surface area contributed by atoms with Crippen LogP contribution >= 0.6 is 0 Å². The van der Waals surface area contributed by atoms with E-state index in [1.807, 2.05) is 42.5 Å². The Bertz CT molecular complexity index is 1390. The standard InChI is InChI=1S/C57H91NO5/c1-4-7-10-13-16-19-21-23-25-27-28-29-31-33-35-38-41-44-47-50-57(62)63-53(48-45-42-39-37-34-32-30-26-24-22-20-17-14-11-8-5-2)51-56(61)58-54(52-59)55(60)49-46-43-40-36-18-15-12-9-6-3/h7,10-11,14,16-17,19-20,22-26,28-30,32-35,41,44,53-55,59-60H,4-6,8-9,12-13,15,18,21,27,31,36-40,42-43,45-52H2,1-3H3,(H,58,61)/b10-7-,14-11+,19-16-,20-17+,24-22+,25-23-,29-28-,30-26+,34-32+,35-33-,44-41-. The summed E-state index contributed by atoms with van der Waals surface area (Å²) in [5.41, 5.74) is 0. The summed E-state index contributed by atoms with van der Waals surface area (Å²) < 4.78 is 5.86. The van der Waals surface area contributed by atoms with Crippen LogP contribution in [0.1, 0.15) is 188 Å². The summed E-state index contributed by atoms with van der Waals surface area (Å²) in [4.78, 5) is 26.1. The number of esters is 1. The van der Waals surface area contributed by atoms with Crippen molar-refractivity contribution in [3.05, 3.63) is 134 Å². The third-order valence-electron chi connectivity index (χ3n) is 10.3. The molecule has 6 nitrogen and oxygen atoms in total. The van der Waals surface area contributed by atoms with E-state index in [1.54, 1.807) is 0 Å². The third kappa shape index (κ3) is 44.4. The highest BCUT2D eigenvalue weighted by Crippen LogP contribution is 2.16. The molecular weight excluding hydrogens is 779 g/mol. The highest BCUT2D eigenvalue weighted by Gasteiger charge is 2.24. The minimum atomic E-state index is -0.820. The predicted molar refractivity (Wildman–Crippen MR) is 273 cm³/mol. The van der Waals surface area contributed by atoms with E-state index < -0.39 is 18.2 Å². The van der Waals surface area contributed by atoms with Crippen LogP contribution in [-0.2, 0) is 14.3 Å². The van der Waals surface area contributed by atoms with Crippen LogP contribution in [0, 0.1) is 0 Å². The Hall–Kier alpha value is -4.00. The molecule has 3 atom stereocenters. The van der Waals surface area contributed by atoms with Gasteiger partial charge in [-0.3, -0.25) is 9.59 Å². The van der Waals surface area contributed by atoms with Gasteiger partial charge in [-0.2, -0.15) is 0 Å². The predicted octanol–water partition coefficient (Wildman–Crippen LogP) is 15.1. The molecular formula is C57H91NO5. The van der Waals surface area contributed by atoms with E-state index in [4.69, 9.17) is 4.74 Å². The average Bonchev–Trinajstić information content (AvgIpc) is 3.28. The lowest BCUT2D eigenvalue weighted by Crippen LogP contribution is -2.46. The lowest BCUT2D eigenvalue weighted by atomic mass is 10.0. The number of rotatable bonds is 42. The van der Waals surface area contributed by atoms with Crippen LogP contribution < -0.4 is 5.32 Å². The highest BCUT2D eigenvalue weighted by molar-refractivity contribution is 5.77. The Morgan fingerprint density at radius 3 is 1.48 bits per heavy atom. The second-order valence-electron chi connectivity index (χ2n) is 16.2. The fourth-order valence-corrected chi connectivity index (χ4v) is 6.60. The van der Waals surface area contributed by atoms with Crippen molar-refractivity contribution in [1.82, 2.24) is 5.32 Å². The number of hydrogen-bond donors (Lipinski definition) is 3. The summed E-state index contributed by atoms with van der Waals surface area (Å²) in [7, 11) is 0. The van der Waals surface area contributed by atoms with Gasteiger partial charge in [0, 0.05) is 6.42 Å². The van der Waals surface area contributed by atoms with Gasteiger partial charge in [0.05, 0.1) is 25.2 Å². The summed E-state index contributed by atoms with van der Waals surface area (Å²) in [6.07, 6.45) is 69.4. The Kier molecular flexibility index (Phi) is 45.9. The molecule has 0 aliphatic carbocycles. The second-order valence-corrected chi connectivity index (χ2v) is 16.2. The zero-order chi connectivity index (χ0) is 45.9. The van der Waals surface area contributed by atoms with Crippen LogP contribution in [0.4, 0.5) is 0 Å². The summed E-state index contributed by atoms with van der Waals surface area (Å²) in [6.45, 7) is 6.21. The first kappa shape index (κ1) is 59.0. The molecule has 0 heterocycles. The van der Waals surface area contributed by atoms with Crippen LogP contribution in [0.3, 0.4) is 0 Å². The molecule has 0 saturated heterocycles. The van der Waals surface area contributed by atoms with Crippen LogP contribution in [0.2, 0.25) is 0 Å². The van der Waals surface area contributed by atoms with Gasteiger partial charge in [-0.1, -0.05) is 225 Å². The number of aliphatic hydroxyl groups excluding tert-OH is 2. The number of aliphatic hydroxyl groups is 2. The quantitative estimate of drug-likeness (QED) is 0.0246. The SMILES string of the molecule is CC/C=C\C/C=C\C/C=C\C/C=C\C/C=C\C/C=C\CCC(=O)OC(CCCCC/C=C/C=C/C=C/C=C/C=C/CCC)CC(=O)NC(CO)C(O)CCCCCCCCCCC. The fourth-order valence-electron chi connectivity index (χ4n) is 6.60. The molecule has 0 radical (unpaired) electrons. The molecule has 0 rings (SSSR count). The number of carbonyl (C=O) groups excluding carboxylic acids is 2. The van der Waals surface area contributed by atoms with Gasteiger partial charge in [-0.15, -0.1) is 0 Å². The minimum absolute atomic E-state index is 0.00926. The third-order valence-corrected chi connectivity index (χ3v) is 10.3. The largest absolute Gasteiger partial charge is 0.462 e. The smallest absolute Gasteiger partial charge is 0.306 e. The van der Waals surface area contributed by atoms with Gasteiger partial charge in [0.15, 0.2) is 0 Å². The van der Waals surface area contributed by atoms with Gasteiger partial charge in [-0.25, -0.2) is 0 Å². The molecule has 1 amide bonds. The first-order valence-electron chi connectivity index (χ1n) is 25.0. The lowest BCUT2D eigenvalue weighted by molar-refractivity contribution is -0.150. The van der Waals surface area contributed by atoms with E-state index >= 15 is 0 Å². The molecule has 354 valence electrons. The van der Waals surface area contributed by atoms with Crippen molar-refractivity contribution in [3.8, 4) is 0 Å². The average molecular weight is 870 g/mol. The first-order chi connectivity index (χ1) is 31.0. The van der Waals surface area contributed by atoms with Gasteiger partial charge in [0.2, 0.25) is 5.91 Å². The number of hydrogen-bond acceptors (Lipinski definition) is 5. The number of unbranched alkanes of at least 4 members (excludes halogenated alkanes) is 12. The Morgan fingerprint density at radius 1 is 0.492 bits per heavy atom. The van der Waals surface area contributed by atoms with Gasteiger partial charge < -0.3 is 20.3 Å². The summed E-state index contributed by atoms with van der Waals surface area (Å²) in [5.74, 6) is -0.634. The van der Waals surface area contributed by atoms with Crippen LogP contribution in [0.5, 0.6) is 0 Å². The van der Waals surface area contributed by atoms with E-state index in [-0.39, 0.29) is 31.3 Å². The molecule has 0 aromatic carbocycles. The van der Waals surface area contributed by atoms with Gasteiger partial charge in [-0.05, 0) is 83.5 Å². The Balaban J connectivity index is 4.84. The molecule has 0 aliphatic rings. The second kappa shape index (κ2) is 49.0. The van der Waals surface area contributed by atoms with E-state index in [9.17, 15) is 19.8 Å². The number of amides is 1. The maximum Gasteiger partial charge on any atom is 0.306 e. The molecule has 0 saturated carbocycles. The zero-order valence-electron chi connectivity index (χ0n) is 40.1. The number of nitrogens with one attached hydrogen (secondary N) is 1. The van der Waals surface area contributed by atoms with Crippen LogP contribution in [-0.4, -0.2) is 46.9 Å². The van der Waals surface area contributed by atoms with E-state index in [0.29, 0.717) is 19.3 Å². The maximum absolute atomic E-state index is 13.2. The lowest BCUT2D eigenvalue weighted by Gasteiger charge is -2.24. The number of ether oxygens (including phenoxy) is 1. The molecule has 0 aromatic heterocycles.